The van der Waals surface area contributed by atoms with Gasteiger partial charge >= 0.3 is 6.18 Å². The lowest BCUT2D eigenvalue weighted by Crippen LogP contribution is -2.33. The zero-order chi connectivity index (χ0) is 14.3. The predicted molar refractivity (Wildman–Crippen MR) is 64.4 cm³/mol. The Morgan fingerprint density at radius 2 is 2.05 bits per heavy atom. The number of alkyl halides is 3. The molecular weight excluding hydrogens is 275 g/mol. The Labute approximate surface area is 113 Å². The Hall–Kier alpha value is -1.47. The quantitative estimate of drug-likeness (QED) is 0.848. The first-order valence-corrected chi connectivity index (χ1v) is 6.32. The number of nitrogen functional groups attached to an aromatic ring is 1. The fourth-order valence-corrected chi connectivity index (χ4v) is 2.57. The third-order valence-electron chi connectivity index (χ3n) is 3.51. The smallest absolute Gasteiger partial charge is 0.420 e. The van der Waals surface area contributed by atoms with Crippen molar-refractivity contribution in [2.75, 3.05) is 18.9 Å². The van der Waals surface area contributed by atoms with Crippen LogP contribution in [0.1, 0.15) is 12.0 Å². The van der Waals surface area contributed by atoms with Crippen LogP contribution in [0, 0.1) is 0 Å². The van der Waals surface area contributed by atoms with Gasteiger partial charge < -0.3 is 19.9 Å². The van der Waals surface area contributed by atoms with Crippen LogP contribution in [0.5, 0.6) is 5.75 Å². The second kappa shape index (κ2) is 4.82. The number of benzene rings is 1. The molecule has 2 N–H and O–H groups in total. The van der Waals surface area contributed by atoms with Crippen LogP contribution in [0.25, 0.3) is 0 Å². The van der Waals surface area contributed by atoms with E-state index in [1.807, 2.05) is 0 Å². The van der Waals surface area contributed by atoms with Crippen molar-refractivity contribution in [3.63, 3.8) is 0 Å². The molecule has 0 radical (unpaired) electrons. The van der Waals surface area contributed by atoms with Crippen LogP contribution in [-0.4, -0.2) is 31.5 Å². The molecule has 7 heteroatoms. The summed E-state index contributed by atoms with van der Waals surface area (Å²) in [6.45, 7) is 0.778. The third-order valence-corrected chi connectivity index (χ3v) is 3.51. The van der Waals surface area contributed by atoms with Gasteiger partial charge in [-0.2, -0.15) is 13.2 Å². The summed E-state index contributed by atoms with van der Waals surface area (Å²) in [6, 6.07) is 3.49. The van der Waals surface area contributed by atoms with Crippen molar-refractivity contribution in [2.24, 2.45) is 0 Å². The molecule has 0 spiro atoms. The maximum Gasteiger partial charge on any atom is 0.420 e. The summed E-state index contributed by atoms with van der Waals surface area (Å²) < 4.78 is 55.3. The number of nitrogens with two attached hydrogens (primary N) is 1. The highest BCUT2D eigenvalue weighted by atomic mass is 19.4. The number of rotatable bonds is 2. The van der Waals surface area contributed by atoms with Gasteiger partial charge in [-0.05, 0) is 24.6 Å². The van der Waals surface area contributed by atoms with Gasteiger partial charge in [-0.15, -0.1) is 0 Å². The Balaban J connectivity index is 1.84. The molecule has 0 aliphatic carbocycles. The van der Waals surface area contributed by atoms with Gasteiger partial charge in [-0.25, -0.2) is 0 Å². The Kier molecular flexibility index (Phi) is 3.25. The third kappa shape index (κ3) is 2.43. The van der Waals surface area contributed by atoms with Crippen molar-refractivity contribution in [3.05, 3.63) is 23.8 Å². The molecule has 0 saturated carbocycles. The Morgan fingerprint density at radius 3 is 2.80 bits per heavy atom. The molecule has 20 heavy (non-hydrogen) atoms. The minimum absolute atomic E-state index is 0.0438. The summed E-state index contributed by atoms with van der Waals surface area (Å²) in [5.74, 6) is -0.239. The van der Waals surface area contributed by atoms with Gasteiger partial charge in [-0.1, -0.05) is 0 Å². The van der Waals surface area contributed by atoms with Gasteiger partial charge in [0.2, 0.25) is 0 Å². The molecule has 0 amide bonds. The largest absolute Gasteiger partial charge is 0.485 e. The van der Waals surface area contributed by atoms with Gasteiger partial charge in [0.1, 0.15) is 11.9 Å². The first-order valence-electron chi connectivity index (χ1n) is 6.32. The van der Waals surface area contributed by atoms with Gasteiger partial charge in [0.25, 0.3) is 0 Å². The molecule has 3 atom stereocenters. The van der Waals surface area contributed by atoms with E-state index in [-0.39, 0.29) is 30.3 Å². The highest BCUT2D eigenvalue weighted by molar-refractivity contribution is 5.49. The van der Waals surface area contributed by atoms with Crippen LogP contribution in [0.15, 0.2) is 18.2 Å². The molecule has 0 unspecified atom stereocenters. The lowest BCUT2D eigenvalue weighted by molar-refractivity contribution is -0.139. The summed E-state index contributed by atoms with van der Waals surface area (Å²) in [4.78, 5) is 0. The van der Waals surface area contributed by atoms with Crippen molar-refractivity contribution < 1.29 is 27.4 Å². The van der Waals surface area contributed by atoms with Crippen molar-refractivity contribution in [1.29, 1.82) is 0 Å². The van der Waals surface area contributed by atoms with E-state index in [0.29, 0.717) is 6.61 Å². The number of fused-ring (bicyclic) bond motifs is 1. The topological polar surface area (TPSA) is 53.7 Å². The standard InChI is InChI=1S/C13H14F3NO3/c14-13(15,16)8-5-7(17)1-2-9(8)20-11-6-19-10-3-4-18-12(10)11/h1-2,5,10-12H,3-4,6,17H2/t10-,11+,12+/m1/s1. The van der Waals surface area contributed by atoms with E-state index in [1.54, 1.807) is 0 Å². The van der Waals surface area contributed by atoms with Crippen LogP contribution in [-0.2, 0) is 15.7 Å². The zero-order valence-electron chi connectivity index (χ0n) is 10.5. The predicted octanol–water partition coefficient (Wildman–Crippen LogP) is 2.22. The molecule has 2 saturated heterocycles. The average molecular weight is 289 g/mol. The fourth-order valence-electron chi connectivity index (χ4n) is 2.57. The SMILES string of the molecule is Nc1ccc(O[C@H]2CO[C@@H]3CCO[C@H]23)c(C(F)(F)F)c1. The maximum atomic E-state index is 13.0. The highest BCUT2D eigenvalue weighted by Gasteiger charge is 2.44. The summed E-state index contributed by atoms with van der Waals surface area (Å²) in [5.41, 5.74) is 4.58. The first kappa shape index (κ1) is 13.5. The molecule has 4 nitrogen and oxygen atoms in total. The fraction of sp³-hybridized carbons (Fsp3) is 0.538. The highest BCUT2D eigenvalue weighted by Crippen LogP contribution is 2.39. The summed E-state index contributed by atoms with van der Waals surface area (Å²) in [7, 11) is 0. The summed E-state index contributed by atoms with van der Waals surface area (Å²) in [5, 5.41) is 0. The van der Waals surface area contributed by atoms with Gasteiger partial charge in [0, 0.05) is 12.3 Å². The number of halogens is 3. The molecule has 2 aliphatic heterocycles. The van der Waals surface area contributed by atoms with Crippen LogP contribution >= 0.6 is 0 Å². The molecule has 2 aliphatic rings. The van der Waals surface area contributed by atoms with Crippen molar-refractivity contribution in [1.82, 2.24) is 0 Å². The van der Waals surface area contributed by atoms with Crippen LogP contribution in [0.2, 0.25) is 0 Å². The van der Waals surface area contributed by atoms with E-state index in [4.69, 9.17) is 19.9 Å². The second-order valence-electron chi connectivity index (χ2n) is 4.91. The first-order chi connectivity index (χ1) is 9.45. The molecular formula is C13H14F3NO3. The second-order valence-corrected chi connectivity index (χ2v) is 4.91. The lowest BCUT2D eigenvalue weighted by atomic mass is 10.1. The van der Waals surface area contributed by atoms with Crippen molar-refractivity contribution in [3.8, 4) is 5.75 Å². The van der Waals surface area contributed by atoms with E-state index >= 15 is 0 Å². The Morgan fingerprint density at radius 1 is 1.25 bits per heavy atom. The van der Waals surface area contributed by atoms with Crippen molar-refractivity contribution >= 4 is 5.69 Å². The van der Waals surface area contributed by atoms with Crippen molar-refractivity contribution in [2.45, 2.75) is 30.9 Å². The van der Waals surface area contributed by atoms with Gasteiger partial charge in [0.15, 0.2) is 6.10 Å². The zero-order valence-corrected chi connectivity index (χ0v) is 10.5. The molecule has 0 aromatic heterocycles. The van der Waals surface area contributed by atoms with E-state index in [2.05, 4.69) is 0 Å². The molecule has 2 heterocycles. The number of ether oxygens (including phenoxy) is 3. The van der Waals surface area contributed by atoms with Crippen LogP contribution < -0.4 is 10.5 Å². The Bertz CT molecular complexity index is 506. The summed E-state index contributed by atoms with van der Waals surface area (Å²) >= 11 is 0. The van der Waals surface area contributed by atoms with Crippen LogP contribution in [0.4, 0.5) is 18.9 Å². The molecule has 0 bridgehead atoms. The number of anilines is 1. The number of hydrogen-bond acceptors (Lipinski definition) is 4. The van der Waals surface area contributed by atoms with Gasteiger partial charge in [0.05, 0.1) is 18.3 Å². The minimum atomic E-state index is -4.51. The molecule has 2 fully saturated rings. The maximum absolute atomic E-state index is 13.0. The minimum Gasteiger partial charge on any atom is -0.485 e. The summed E-state index contributed by atoms with van der Waals surface area (Å²) in [6.07, 6.45) is -4.66. The lowest BCUT2D eigenvalue weighted by Gasteiger charge is -2.21. The monoisotopic (exact) mass is 289 g/mol. The molecule has 1 aromatic rings. The molecule has 1 aromatic carbocycles. The molecule has 110 valence electrons. The van der Waals surface area contributed by atoms with E-state index in [9.17, 15) is 13.2 Å². The number of hydrogen-bond donors (Lipinski definition) is 1. The molecule has 3 rings (SSSR count). The van der Waals surface area contributed by atoms with E-state index in [0.717, 1.165) is 12.5 Å². The van der Waals surface area contributed by atoms with E-state index in [1.165, 1.54) is 12.1 Å². The van der Waals surface area contributed by atoms with Gasteiger partial charge in [-0.3, -0.25) is 0 Å². The van der Waals surface area contributed by atoms with Crippen LogP contribution in [0.3, 0.4) is 0 Å². The average Bonchev–Trinajstić information content (AvgIpc) is 2.95. The van der Waals surface area contributed by atoms with E-state index < -0.39 is 17.8 Å². The normalized spacial score (nSPS) is 29.4.